The molecule has 0 amide bonds. The molecule has 0 aliphatic heterocycles. The fourth-order valence-corrected chi connectivity index (χ4v) is 1.84. The number of aromatic nitrogens is 1. The van der Waals surface area contributed by atoms with E-state index >= 15 is 0 Å². The van der Waals surface area contributed by atoms with Gasteiger partial charge in [-0.05, 0) is 23.8 Å². The molecule has 0 bridgehead atoms. The number of hydrogen-bond donors (Lipinski definition) is 2. The van der Waals surface area contributed by atoms with E-state index in [9.17, 15) is 9.90 Å². The van der Waals surface area contributed by atoms with Crippen LogP contribution >= 0.6 is 0 Å². The molecule has 1 aromatic heterocycles. The maximum atomic E-state index is 11.2. The molecule has 0 aliphatic rings. The highest BCUT2D eigenvalue weighted by Crippen LogP contribution is 2.27. The zero-order valence-corrected chi connectivity index (χ0v) is 12.3. The van der Waals surface area contributed by atoms with Crippen molar-refractivity contribution in [1.82, 2.24) is 4.98 Å². The molecule has 20 heavy (non-hydrogen) atoms. The molecule has 0 fully saturated rings. The minimum atomic E-state index is -1.01. The van der Waals surface area contributed by atoms with E-state index in [1.54, 1.807) is 6.07 Å². The highest BCUT2D eigenvalue weighted by molar-refractivity contribution is 5.97. The van der Waals surface area contributed by atoms with Crippen LogP contribution < -0.4 is 5.32 Å². The summed E-state index contributed by atoms with van der Waals surface area (Å²) in [6.45, 7) is 8.47. The number of anilines is 1. The Morgan fingerprint density at radius 3 is 2.55 bits per heavy atom. The van der Waals surface area contributed by atoms with Gasteiger partial charge in [-0.3, -0.25) is 0 Å². The first-order chi connectivity index (χ1) is 9.29. The molecular formula is C16H20N2O2. The molecule has 1 unspecified atom stereocenters. The van der Waals surface area contributed by atoms with Crippen LogP contribution in [0.2, 0.25) is 0 Å². The molecule has 1 atom stereocenters. The van der Waals surface area contributed by atoms with E-state index in [2.05, 4.69) is 38.0 Å². The molecule has 0 saturated carbocycles. The molecule has 0 aliphatic carbocycles. The number of hydrogen-bond acceptors (Lipinski definition) is 3. The van der Waals surface area contributed by atoms with Gasteiger partial charge in [0.2, 0.25) is 0 Å². The number of carbonyl (C=O) groups is 1. The molecule has 4 nitrogen and oxygen atoms in total. The standard InChI is InChI=1S/C16H20N2O2/c1-10(16(2,3)4)17-14-12-8-6-5-7-11(12)9-13(18-14)15(19)20/h5-10H,1-4H3,(H,17,18)(H,19,20). The van der Waals surface area contributed by atoms with Gasteiger partial charge in [-0.1, -0.05) is 45.0 Å². The first kappa shape index (κ1) is 14.3. The Hall–Kier alpha value is -2.10. The second-order valence-corrected chi connectivity index (χ2v) is 6.11. The fraction of sp³-hybridized carbons (Fsp3) is 0.375. The average molecular weight is 272 g/mol. The Morgan fingerprint density at radius 2 is 1.95 bits per heavy atom. The highest BCUT2D eigenvalue weighted by atomic mass is 16.4. The van der Waals surface area contributed by atoms with Crippen molar-refractivity contribution >= 4 is 22.6 Å². The predicted molar refractivity (Wildman–Crippen MR) is 81.2 cm³/mol. The van der Waals surface area contributed by atoms with Crippen LogP contribution in [0.1, 0.15) is 38.2 Å². The zero-order valence-electron chi connectivity index (χ0n) is 12.3. The number of carboxylic acids is 1. The number of pyridine rings is 1. The van der Waals surface area contributed by atoms with E-state index in [-0.39, 0.29) is 17.2 Å². The summed E-state index contributed by atoms with van der Waals surface area (Å²) in [5, 5.41) is 14.3. The molecule has 2 rings (SSSR count). The normalized spacial score (nSPS) is 13.2. The van der Waals surface area contributed by atoms with Crippen LogP contribution in [0.25, 0.3) is 10.8 Å². The minimum absolute atomic E-state index is 0.0576. The van der Waals surface area contributed by atoms with Crippen molar-refractivity contribution in [2.45, 2.75) is 33.7 Å². The smallest absolute Gasteiger partial charge is 0.354 e. The Labute approximate surface area is 118 Å². The number of benzene rings is 1. The fourth-order valence-electron chi connectivity index (χ4n) is 1.84. The first-order valence-electron chi connectivity index (χ1n) is 6.68. The van der Waals surface area contributed by atoms with Gasteiger partial charge < -0.3 is 10.4 Å². The van der Waals surface area contributed by atoms with E-state index in [0.717, 1.165) is 10.8 Å². The van der Waals surface area contributed by atoms with Crippen molar-refractivity contribution < 1.29 is 9.90 Å². The molecule has 2 N–H and O–H groups in total. The second-order valence-electron chi connectivity index (χ2n) is 6.11. The molecule has 0 radical (unpaired) electrons. The Kier molecular flexibility index (Phi) is 3.66. The lowest BCUT2D eigenvalue weighted by Gasteiger charge is -2.29. The zero-order chi connectivity index (χ0) is 14.9. The summed E-state index contributed by atoms with van der Waals surface area (Å²) in [4.78, 5) is 15.4. The lowest BCUT2D eigenvalue weighted by molar-refractivity contribution is 0.0691. The first-order valence-corrected chi connectivity index (χ1v) is 6.68. The van der Waals surface area contributed by atoms with Gasteiger partial charge in [-0.2, -0.15) is 0 Å². The molecule has 1 aromatic carbocycles. The summed E-state index contributed by atoms with van der Waals surface area (Å²) in [7, 11) is 0. The van der Waals surface area contributed by atoms with Crippen LogP contribution in [0, 0.1) is 5.41 Å². The van der Waals surface area contributed by atoms with Crippen LogP contribution in [0.4, 0.5) is 5.82 Å². The third kappa shape index (κ3) is 2.90. The monoisotopic (exact) mass is 272 g/mol. The third-order valence-electron chi connectivity index (χ3n) is 3.61. The molecule has 0 spiro atoms. The summed E-state index contributed by atoms with van der Waals surface area (Å²) in [6.07, 6.45) is 0. The van der Waals surface area contributed by atoms with Crippen molar-refractivity contribution in [1.29, 1.82) is 0 Å². The third-order valence-corrected chi connectivity index (χ3v) is 3.61. The molecule has 1 heterocycles. The number of carboxylic acid groups (broad SMARTS) is 1. The van der Waals surface area contributed by atoms with Gasteiger partial charge in [0, 0.05) is 11.4 Å². The SMILES string of the molecule is CC(Nc1nc(C(=O)O)cc2ccccc12)C(C)(C)C. The minimum Gasteiger partial charge on any atom is -0.477 e. The quantitative estimate of drug-likeness (QED) is 0.892. The van der Waals surface area contributed by atoms with Crippen LogP contribution in [-0.2, 0) is 0 Å². The van der Waals surface area contributed by atoms with Crippen molar-refractivity contribution in [3.05, 3.63) is 36.0 Å². The Morgan fingerprint density at radius 1 is 1.30 bits per heavy atom. The molecule has 2 aromatic rings. The van der Waals surface area contributed by atoms with Gasteiger partial charge in [0.25, 0.3) is 0 Å². The Bertz CT molecular complexity index is 644. The predicted octanol–water partition coefficient (Wildman–Crippen LogP) is 3.78. The molecule has 0 saturated heterocycles. The van der Waals surface area contributed by atoms with Crippen LogP contribution in [0.15, 0.2) is 30.3 Å². The van der Waals surface area contributed by atoms with Gasteiger partial charge in [0.1, 0.15) is 5.82 Å². The Balaban J connectivity index is 2.53. The van der Waals surface area contributed by atoms with E-state index < -0.39 is 5.97 Å². The number of fused-ring (bicyclic) bond motifs is 1. The summed E-state index contributed by atoms with van der Waals surface area (Å²) < 4.78 is 0. The summed E-state index contributed by atoms with van der Waals surface area (Å²) in [5.41, 5.74) is 0.120. The number of nitrogens with zero attached hydrogens (tertiary/aromatic N) is 1. The van der Waals surface area contributed by atoms with Gasteiger partial charge >= 0.3 is 5.97 Å². The van der Waals surface area contributed by atoms with Crippen molar-refractivity contribution in [3.8, 4) is 0 Å². The van der Waals surface area contributed by atoms with Crippen molar-refractivity contribution in [3.63, 3.8) is 0 Å². The van der Waals surface area contributed by atoms with Gasteiger partial charge in [0.15, 0.2) is 5.69 Å². The molecule has 4 heteroatoms. The van der Waals surface area contributed by atoms with Gasteiger partial charge in [0.05, 0.1) is 0 Å². The average Bonchev–Trinajstić information content (AvgIpc) is 2.37. The lowest BCUT2D eigenvalue weighted by Crippen LogP contribution is -2.31. The lowest BCUT2D eigenvalue weighted by atomic mass is 9.88. The van der Waals surface area contributed by atoms with Crippen molar-refractivity contribution in [2.24, 2.45) is 5.41 Å². The topological polar surface area (TPSA) is 62.2 Å². The second kappa shape index (κ2) is 5.12. The van der Waals surface area contributed by atoms with Gasteiger partial charge in [-0.25, -0.2) is 9.78 Å². The number of aromatic carboxylic acids is 1. The molecular weight excluding hydrogens is 252 g/mol. The highest BCUT2D eigenvalue weighted by Gasteiger charge is 2.21. The van der Waals surface area contributed by atoms with Gasteiger partial charge in [-0.15, -0.1) is 0 Å². The van der Waals surface area contributed by atoms with Crippen LogP contribution in [0.3, 0.4) is 0 Å². The van der Waals surface area contributed by atoms with Crippen LogP contribution in [0.5, 0.6) is 0 Å². The van der Waals surface area contributed by atoms with E-state index in [1.165, 1.54) is 0 Å². The number of nitrogens with one attached hydrogen (secondary N) is 1. The summed E-state index contributed by atoms with van der Waals surface area (Å²) >= 11 is 0. The summed E-state index contributed by atoms with van der Waals surface area (Å²) in [6, 6.07) is 9.44. The maximum Gasteiger partial charge on any atom is 0.354 e. The van der Waals surface area contributed by atoms with E-state index in [0.29, 0.717) is 5.82 Å². The number of rotatable bonds is 3. The van der Waals surface area contributed by atoms with Crippen LogP contribution in [-0.4, -0.2) is 22.1 Å². The summed E-state index contributed by atoms with van der Waals surface area (Å²) in [5.74, 6) is -0.384. The molecule has 106 valence electrons. The van der Waals surface area contributed by atoms with Crippen molar-refractivity contribution in [2.75, 3.05) is 5.32 Å². The van der Waals surface area contributed by atoms with E-state index in [4.69, 9.17) is 0 Å². The largest absolute Gasteiger partial charge is 0.477 e. The van der Waals surface area contributed by atoms with E-state index in [1.807, 2.05) is 24.3 Å². The maximum absolute atomic E-state index is 11.2.